The van der Waals surface area contributed by atoms with Crippen molar-refractivity contribution in [2.75, 3.05) is 0 Å². The predicted octanol–water partition coefficient (Wildman–Crippen LogP) is 14.1. The first-order chi connectivity index (χ1) is 27.8. The molecule has 0 aliphatic rings. The lowest BCUT2D eigenvalue weighted by molar-refractivity contribution is 1.37. The largest absolute Gasteiger partial charge is 0.254 e. The first kappa shape index (κ1) is 30.9. The average molecular weight is 710 g/mol. The van der Waals surface area contributed by atoms with Crippen molar-refractivity contribution < 1.29 is 0 Å². The van der Waals surface area contributed by atoms with Gasteiger partial charge in [-0.1, -0.05) is 140 Å². The zero-order chi connectivity index (χ0) is 36.7. The molecule has 0 unspecified atom stereocenters. The summed E-state index contributed by atoms with van der Waals surface area (Å²) in [7, 11) is 0. The van der Waals surface area contributed by atoms with E-state index in [0.717, 1.165) is 44.1 Å². The number of fused-ring (bicyclic) bond motifs is 14. The van der Waals surface area contributed by atoms with E-state index in [2.05, 4.69) is 175 Å². The van der Waals surface area contributed by atoms with Gasteiger partial charge in [0.25, 0.3) is 0 Å². The van der Waals surface area contributed by atoms with E-state index >= 15 is 0 Å². The number of hydrogen-bond acceptors (Lipinski definition) is 3. The molecule has 3 heteroatoms. The summed E-state index contributed by atoms with van der Waals surface area (Å²) >= 11 is 0. The Kier molecular flexibility index (Phi) is 6.63. The molecule has 0 bridgehead atoms. The summed E-state index contributed by atoms with van der Waals surface area (Å²) in [6.45, 7) is 0. The molecular formula is C53H31N3. The number of benzene rings is 9. The van der Waals surface area contributed by atoms with Crippen LogP contribution >= 0.6 is 0 Å². The number of para-hydroxylation sites is 1. The van der Waals surface area contributed by atoms with Crippen LogP contribution in [-0.4, -0.2) is 15.0 Å². The molecule has 3 heterocycles. The van der Waals surface area contributed by atoms with Crippen LogP contribution in [0.4, 0.5) is 0 Å². The topological polar surface area (TPSA) is 38.7 Å². The summed E-state index contributed by atoms with van der Waals surface area (Å²) in [5, 5.41) is 15.8. The molecule has 0 fully saturated rings. The van der Waals surface area contributed by atoms with Crippen LogP contribution in [0, 0.1) is 0 Å². The lowest BCUT2D eigenvalue weighted by atomic mass is 9.89. The van der Waals surface area contributed by atoms with Gasteiger partial charge in [-0.3, -0.25) is 9.97 Å². The summed E-state index contributed by atoms with van der Waals surface area (Å²) in [5.74, 6) is 0. The smallest absolute Gasteiger partial charge is 0.0970 e. The second-order valence-electron chi connectivity index (χ2n) is 14.7. The van der Waals surface area contributed by atoms with Crippen LogP contribution in [0.1, 0.15) is 0 Å². The zero-order valence-corrected chi connectivity index (χ0v) is 30.2. The fraction of sp³-hybridized carbons (Fsp3) is 0. The van der Waals surface area contributed by atoms with Crippen molar-refractivity contribution in [3.8, 4) is 33.5 Å². The van der Waals surface area contributed by atoms with Gasteiger partial charge in [0.1, 0.15) is 0 Å². The summed E-state index contributed by atoms with van der Waals surface area (Å²) in [5.41, 5.74) is 9.65. The van der Waals surface area contributed by atoms with Gasteiger partial charge < -0.3 is 0 Å². The quantitative estimate of drug-likeness (QED) is 0.171. The third-order valence-electron chi connectivity index (χ3n) is 11.7. The highest BCUT2D eigenvalue weighted by Gasteiger charge is 2.16. The van der Waals surface area contributed by atoms with E-state index in [4.69, 9.17) is 9.97 Å². The van der Waals surface area contributed by atoms with Gasteiger partial charge in [0.15, 0.2) is 0 Å². The Bertz CT molecular complexity index is 3570. The number of hydrogen-bond donors (Lipinski definition) is 0. The third-order valence-corrected chi connectivity index (χ3v) is 11.7. The van der Waals surface area contributed by atoms with Crippen LogP contribution < -0.4 is 0 Å². The first-order valence-electron chi connectivity index (χ1n) is 19.1. The van der Waals surface area contributed by atoms with Crippen molar-refractivity contribution in [2.24, 2.45) is 0 Å². The molecule has 0 saturated heterocycles. The first-order valence-corrected chi connectivity index (χ1v) is 19.1. The summed E-state index contributed by atoms with van der Waals surface area (Å²) in [6, 6.07) is 63.8. The van der Waals surface area contributed by atoms with Crippen molar-refractivity contribution in [1.29, 1.82) is 0 Å². The van der Waals surface area contributed by atoms with Gasteiger partial charge in [-0.2, -0.15) is 0 Å². The normalized spacial score (nSPS) is 11.9. The molecule has 0 aliphatic heterocycles. The SMILES string of the molecule is c1cc(-c2ccc3c4ccc(-c5ccnc6c5ccc5cccnc56)cc4c4ccccc4c3c2)cc(-c2nc3ccccc3c3c2ccc2ccccc23)c1. The van der Waals surface area contributed by atoms with E-state index in [1.54, 1.807) is 0 Å². The van der Waals surface area contributed by atoms with E-state index in [-0.39, 0.29) is 0 Å². The van der Waals surface area contributed by atoms with Gasteiger partial charge in [0, 0.05) is 44.9 Å². The van der Waals surface area contributed by atoms with E-state index in [1.807, 2.05) is 18.5 Å². The highest BCUT2D eigenvalue weighted by atomic mass is 14.7. The van der Waals surface area contributed by atoms with Gasteiger partial charge in [0.05, 0.1) is 22.2 Å². The maximum atomic E-state index is 5.29. The molecule has 9 aromatic carbocycles. The fourth-order valence-electron chi connectivity index (χ4n) is 9.10. The predicted molar refractivity (Wildman–Crippen MR) is 236 cm³/mol. The fourth-order valence-corrected chi connectivity index (χ4v) is 9.10. The van der Waals surface area contributed by atoms with E-state index < -0.39 is 0 Å². The Morgan fingerprint density at radius 3 is 1.77 bits per heavy atom. The third kappa shape index (κ3) is 4.61. The van der Waals surface area contributed by atoms with Crippen LogP contribution in [0.3, 0.4) is 0 Å². The maximum Gasteiger partial charge on any atom is 0.0970 e. The highest BCUT2D eigenvalue weighted by molar-refractivity contribution is 6.27. The molecule has 0 amide bonds. The monoisotopic (exact) mass is 709 g/mol. The van der Waals surface area contributed by atoms with Gasteiger partial charge in [-0.05, 0) is 102 Å². The van der Waals surface area contributed by atoms with E-state index in [0.29, 0.717) is 0 Å². The van der Waals surface area contributed by atoms with Gasteiger partial charge in [-0.25, -0.2) is 4.98 Å². The molecule has 0 atom stereocenters. The number of pyridine rings is 3. The molecule has 258 valence electrons. The molecule has 0 N–H and O–H groups in total. The Labute approximate surface area is 322 Å². The van der Waals surface area contributed by atoms with Crippen molar-refractivity contribution in [3.05, 3.63) is 188 Å². The Morgan fingerprint density at radius 2 is 0.911 bits per heavy atom. The van der Waals surface area contributed by atoms with Gasteiger partial charge in [-0.15, -0.1) is 0 Å². The summed E-state index contributed by atoms with van der Waals surface area (Å²) in [4.78, 5) is 14.8. The minimum Gasteiger partial charge on any atom is -0.254 e. The minimum absolute atomic E-state index is 0.929. The molecule has 0 saturated carbocycles. The van der Waals surface area contributed by atoms with E-state index in [1.165, 1.54) is 75.9 Å². The van der Waals surface area contributed by atoms with E-state index in [9.17, 15) is 0 Å². The van der Waals surface area contributed by atoms with Crippen molar-refractivity contribution in [2.45, 2.75) is 0 Å². The molecule has 0 spiro atoms. The molecule has 0 aliphatic carbocycles. The molecule has 3 aromatic heterocycles. The molecule has 3 nitrogen and oxygen atoms in total. The lowest BCUT2D eigenvalue weighted by Crippen LogP contribution is -1.91. The van der Waals surface area contributed by atoms with Crippen LogP contribution in [0.2, 0.25) is 0 Å². The van der Waals surface area contributed by atoms with Crippen LogP contribution in [0.25, 0.3) is 120 Å². The van der Waals surface area contributed by atoms with Gasteiger partial charge >= 0.3 is 0 Å². The summed E-state index contributed by atoms with van der Waals surface area (Å²) < 4.78 is 0. The molecule has 56 heavy (non-hydrogen) atoms. The van der Waals surface area contributed by atoms with Crippen molar-refractivity contribution in [3.63, 3.8) is 0 Å². The molecule has 12 rings (SSSR count). The zero-order valence-electron chi connectivity index (χ0n) is 30.2. The van der Waals surface area contributed by atoms with Crippen LogP contribution in [-0.2, 0) is 0 Å². The average Bonchev–Trinajstić information content (AvgIpc) is 3.28. The number of rotatable bonds is 3. The molecular weight excluding hydrogens is 679 g/mol. The minimum atomic E-state index is 0.929. The maximum absolute atomic E-state index is 5.29. The van der Waals surface area contributed by atoms with Crippen LogP contribution in [0.15, 0.2) is 188 Å². The summed E-state index contributed by atoms with van der Waals surface area (Å²) in [6.07, 6.45) is 3.75. The molecule has 12 aromatic rings. The Morgan fingerprint density at radius 1 is 0.304 bits per heavy atom. The lowest BCUT2D eigenvalue weighted by Gasteiger charge is -2.15. The van der Waals surface area contributed by atoms with Crippen molar-refractivity contribution in [1.82, 2.24) is 15.0 Å². The van der Waals surface area contributed by atoms with Crippen molar-refractivity contribution >= 4 is 86.6 Å². The number of nitrogens with zero attached hydrogens (tertiary/aromatic N) is 3. The number of aromatic nitrogens is 3. The second-order valence-corrected chi connectivity index (χ2v) is 14.7. The Hall–Kier alpha value is -7.49. The van der Waals surface area contributed by atoms with Gasteiger partial charge in [0.2, 0.25) is 0 Å². The Balaban J connectivity index is 1.02. The highest BCUT2D eigenvalue weighted by Crippen LogP contribution is 2.42. The molecule has 0 radical (unpaired) electrons. The standard InChI is InChI=1S/C53H31N3/c1-2-13-39-32(9-1)18-25-46-50(39)45-16-5-6-17-49(45)56-51(46)37-11-7-10-34(29-37)35-20-22-42-43-23-21-36(31-48(43)41-15-4-3-14-40(41)47(42)30-35)38-26-28-55-53-44(38)24-19-33-12-8-27-54-52(33)53/h1-31H. The second kappa shape index (κ2) is 12.0. The van der Waals surface area contributed by atoms with Crippen LogP contribution in [0.5, 0.6) is 0 Å².